The van der Waals surface area contributed by atoms with Crippen LogP contribution in [0.5, 0.6) is 0 Å². The molecule has 27 heavy (non-hydrogen) atoms. The minimum absolute atomic E-state index is 0.0361. The number of amides is 1. The molecule has 138 valence electrons. The fourth-order valence-corrected chi connectivity index (χ4v) is 3.90. The number of ether oxygens (including phenoxy) is 1. The Morgan fingerprint density at radius 1 is 1.07 bits per heavy atom. The molecule has 0 aliphatic carbocycles. The number of pyridine rings is 1. The van der Waals surface area contributed by atoms with Gasteiger partial charge in [0.15, 0.2) is 0 Å². The molecular formula is C22H21BrN2O2. The Hall–Kier alpha value is -2.24. The van der Waals surface area contributed by atoms with Crippen molar-refractivity contribution in [3.05, 3.63) is 64.6 Å². The first kappa shape index (κ1) is 18.1. The molecular weight excluding hydrogens is 404 g/mol. The number of rotatable bonds is 2. The van der Waals surface area contributed by atoms with E-state index in [2.05, 4.69) is 15.9 Å². The molecule has 4 rings (SSSR count). The first-order chi connectivity index (χ1) is 13.0. The van der Waals surface area contributed by atoms with E-state index in [-0.39, 0.29) is 18.1 Å². The standard InChI is InChI=1S/C22H21BrN2O2/c1-14-12-25(13-15(2)27-14)22(26)19-11-21(16-7-9-17(23)10-8-16)24-20-6-4-3-5-18(19)20/h3-11,14-15H,12-13H2,1-2H3. The van der Waals surface area contributed by atoms with Crippen LogP contribution in [0, 0.1) is 0 Å². The molecule has 0 radical (unpaired) electrons. The number of carbonyl (C=O) groups is 1. The molecule has 1 amide bonds. The highest BCUT2D eigenvalue weighted by Crippen LogP contribution is 2.27. The normalized spacial score (nSPS) is 20.0. The van der Waals surface area contributed by atoms with Crippen LogP contribution < -0.4 is 0 Å². The number of hydrogen-bond acceptors (Lipinski definition) is 3. The second kappa shape index (κ2) is 7.41. The molecule has 1 fully saturated rings. The molecule has 5 heteroatoms. The molecule has 2 unspecified atom stereocenters. The third-order valence-corrected chi connectivity index (χ3v) is 5.32. The molecule has 1 aliphatic heterocycles. The summed E-state index contributed by atoms with van der Waals surface area (Å²) in [6, 6.07) is 17.7. The minimum Gasteiger partial charge on any atom is -0.372 e. The van der Waals surface area contributed by atoms with Gasteiger partial charge in [-0.1, -0.05) is 46.3 Å². The number of para-hydroxylation sites is 1. The molecule has 2 aromatic carbocycles. The average molecular weight is 425 g/mol. The van der Waals surface area contributed by atoms with Gasteiger partial charge in [-0.25, -0.2) is 4.98 Å². The SMILES string of the molecule is CC1CN(C(=O)c2cc(-c3ccc(Br)cc3)nc3ccccc23)CC(C)O1. The van der Waals surface area contributed by atoms with Crippen molar-refractivity contribution in [2.75, 3.05) is 13.1 Å². The first-order valence-electron chi connectivity index (χ1n) is 9.12. The van der Waals surface area contributed by atoms with Crippen molar-refractivity contribution in [3.8, 4) is 11.3 Å². The molecule has 1 aliphatic rings. The first-order valence-corrected chi connectivity index (χ1v) is 9.91. The summed E-state index contributed by atoms with van der Waals surface area (Å²) in [5.41, 5.74) is 3.32. The van der Waals surface area contributed by atoms with Crippen molar-refractivity contribution in [3.63, 3.8) is 0 Å². The van der Waals surface area contributed by atoms with E-state index in [1.165, 1.54) is 0 Å². The Kier molecular flexibility index (Phi) is 4.98. The third kappa shape index (κ3) is 3.75. The summed E-state index contributed by atoms with van der Waals surface area (Å²) < 4.78 is 6.80. The van der Waals surface area contributed by atoms with Gasteiger partial charge >= 0.3 is 0 Å². The van der Waals surface area contributed by atoms with Gasteiger partial charge in [0.05, 0.1) is 29.0 Å². The van der Waals surface area contributed by atoms with Gasteiger partial charge < -0.3 is 9.64 Å². The predicted octanol–water partition coefficient (Wildman–Crippen LogP) is 4.91. The fraction of sp³-hybridized carbons (Fsp3) is 0.273. The van der Waals surface area contributed by atoms with Crippen LogP contribution in [0.1, 0.15) is 24.2 Å². The summed E-state index contributed by atoms with van der Waals surface area (Å²) in [7, 11) is 0. The second-order valence-electron chi connectivity index (χ2n) is 7.05. The lowest BCUT2D eigenvalue weighted by Crippen LogP contribution is -2.48. The molecule has 0 spiro atoms. The lowest BCUT2D eigenvalue weighted by molar-refractivity contribution is -0.0585. The number of aromatic nitrogens is 1. The molecule has 4 nitrogen and oxygen atoms in total. The number of halogens is 1. The highest BCUT2D eigenvalue weighted by molar-refractivity contribution is 9.10. The Morgan fingerprint density at radius 3 is 2.44 bits per heavy atom. The zero-order valence-electron chi connectivity index (χ0n) is 15.4. The van der Waals surface area contributed by atoms with E-state index in [4.69, 9.17) is 9.72 Å². The molecule has 0 N–H and O–H groups in total. The van der Waals surface area contributed by atoms with Crippen LogP contribution in [0.3, 0.4) is 0 Å². The Bertz CT molecular complexity index is 977. The smallest absolute Gasteiger partial charge is 0.254 e. The van der Waals surface area contributed by atoms with Gasteiger partial charge in [-0.05, 0) is 38.1 Å². The van der Waals surface area contributed by atoms with Crippen molar-refractivity contribution >= 4 is 32.7 Å². The van der Waals surface area contributed by atoms with E-state index in [1.54, 1.807) is 0 Å². The predicted molar refractivity (Wildman–Crippen MR) is 111 cm³/mol. The van der Waals surface area contributed by atoms with Crippen LogP contribution in [0.2, 0.25) is 0 Å². The van der Waals surface area contributed by atoms with Crippen molar-refractivity contribution < 1.29 is 9.53 Å². The van der Waals surface area contributed by atoms with Crippen molar-refractivity contribution in [2.45, 2.75) is 26.1 Å². The molecule has 2 heterocycles. The summed E-state index contributed by atoms with van der Waals surface area (Å²) in [5.74, 6) is 0.0361. The summed E-state index contributed by atoms with van der Waals surface area (Å²) in [6.07, 6.45) is 0.0773. The van der Waals surface area contributed by atoms with Gasteiger partial charge in [-0.3, -0.25) is 4.79 Å². The van der Waals surface area contributed by atoms with E-state index in [0.717, 1.165) is 26.6 Å². The number of benzene rings is 2. The quantitative estimate of drug-likeness (QED) is 0.586. The number of hydrogen-bond donors (Lipinski definition) is 0. The van der Waals surface area contributed by atoms with Gasteiger partial charge in [0.1, 0.15) is 0 Å². The molecule has 0 bridgehead atoms. The maximum absolute atomic E-state index is 13.4. The maximum Gasteiger partial charge on any atom is 0.254 e. The van der Waals surface area contributed by atoms with E-state index in [1.807, 2.05) is 73.3 Å². The summed E-state index contributed by atoms with van der Waals surface area (Å²) in [5, 5.41) is 0.884. The molecule has 1 saturated heterocycles. The van der Waals surface area contributed by atoms with Crippen LogP contribution in [0.4, 0.5) is 0 Å². The zero-order valence-corrected chi connectivity index (χ0v) is 16.9. The second-order valence-corrected chi connectivity index (χ2v) is 7.96. The summed E-state index contributed by atoms with van der Waals surface area (Å²) >= 11 is 3.47. The van der Waals surface area contributed by atoms with E-state index < -0.39 is 0 Å². The lowest BCUT2D eigenvalue weighted by Gasteiger charge is -2.35. The zero-order chi connectivity index (χ0) is 19.0. The lowest BCUT2D eigenvalue weighted by atomic mass is 10.0. The topological polar surface area (TPSA) is 42.4 Å². The maximum atomic E-state index is 13.4. The van der Waals surface area contributed by atoms with E-state index in [0.29, 0.717) is 18.7 Å². The van der Waals surface area contributed by atoms with E-state index in [9.17, 15) is 4.79 Å². The van der Waals surface area contributed by atoms with Crippen LogP contribution in [0.15, 0.2) is 59.1 Å². The summed E-state index contributed by atoms with van der Waals surface area (Å²) in [6.45, 7) is 5.22. The average Bonchev–Trinajstić information content (AvgIpc) is 2.66. The van der Waals surface area contributed by atoms with Crippen molar-refractivity contribution in [1.82, 2.24) is 9.88 Å². The molecule has 3 aromatic rings. The Balaban J connectivity index is 1.81. The number of nitrogens with zero attached hydrogens (tertiary/aromatic N) is 2. The van der Waals surface area contributed by atoms with Crippen molar-refractivity contribution in [2.24, 2.45) is 0 Å². The highest BCUT2D eigenvalue weighted by Gasteiger charge is 2.28. The largest absolute Gasteiger partial charge is 0.372 e. The number of morpholine rings is 1. The minimum atomic E-state index is 0.0361. The summed E-state index contributed by atoms with van der Waals surface area (Å²) in [4.78, 5) is 20.1. The van der Waals surface area contributed by atoms with Gasteiger partial charge in [-0.15, -0.1) is 0 Å². The molecule has 0 saturated carbocycles. The number of carbonyl (C=O) groups excluding carboxylic acids is 1. The third-order valence-electron chi connectivity index (χ3n) is 4.79. The van der Waals surface area contributed by atoms with Crippen LogP contribution in [0.25, 0.3) is 22.2 Å². The van der Waals surface area contributed by atoms with Gasteiger partial charge in [-0.2, -0.15) is 0 Å². The van der Waals surface area contributed by atoms with Gasteiger partial charge in [0, 0.05) is 28.5 Å². The molecule has 2 atom stereocenters. The van der Waals surface area contributed by atoms with Gasteiger partial charge in [0.25, 0.3) is 5.91 Å². The highest BCUT2D eigenvalue weighted by atomic mass is 79.9. The Labute approximate surface area is 167 Å². The van der Waals surface area contributed by atoms with Crippen LogP contribution >= 0.6 is 15.9 Å². The van der Waals surface area contributed by atoms with Crippen LogP contribution in [-0.4, -0.2) is 41.1 Å². The van der Waals surface area contributed by atoms with E-state index >= 15 is 0 Å². The Morgan fingerprint density at radius 2 is 1.74 bits per heavy atom. The van der Waals surface area contributed by atoms with Crippen LogP contribution in [-0.2, 0) is 4.74 Å². The monoisotopic (exact) mass is 424 g/mol. The fourth-order valence-electron chi connectivity index (χ4n) is 3.63. The number of fused-ring (bicyclic) bond motifs is 1. The van der Waals surface area contributed by atoms with Crippen molar-refractivity contribution in [1.29, 1.82) is 0 Å². The van der Waals surface area contributed by atoms with Gasteiger partial charge in [0.2, 0.25) is 0 Å². The molecule has 1 aromatic heterocycles.